The van der Waals surface area contributed by atoms with Gasteiger partial charge in [0.1, 0.15) is 18.2 Å². The zero-order chi connectivity index (χ0) is 19.0. The Morgan fingerprint density at radius 2 is 1.76 bits per heavy atom. The lowest BCUT2D eigenvalue weighted by atomic mass is 10.1. The van der Waals surface area contributed by atoms with Gasteiger partial charge in [-0.15, -0.1) is 0 Å². The summed E-state index contributed by atoms with van der Waals surface area (Å²) in [5.74, 6) is -1.21. The molecule has 0 aliphatic carbocycles. The van der Waals surface area contributed by atoms with E-state index in [2.05, 4.69) is 5.32 Å². The molecule has 1 rings (SSSR count). The van der Waals surface area contributed by atoms with E-state index in [4.69, 9.17) is 15.2 Å². The van der Waals surface area contributed by atoms with Gasteiger partial charge in [0.25, 0.3) is 0 Å². The third kappa shape index (κ3) is 8.74. The first-order valence-corrected chi connectivity index (χ1v) is 8.07. The smallest absolute Gasteiger partial charge is 0.408 e. The lowest BCUT2D eigenvalue weighted by Crippen LogP contribution is -2.44. The molecule has 0 aliphatic rings. The Balaban J connectivity index is 2.66. The first kappa shape index (κ1) is 20.5. The minimum absolute atomic E-state index is 0.0430. The van der Waals surface area contributed by atoms with Crippen LogP contribution in [0.2, 0.25) is 0 Å². The fourth-order valence-electron chi connectivity index (χ4n) is 1.92. The van der Waals surface area contributed by atoms with E-state index in [1.54, 1.807) is 20.8 Å². The van der Waals surface area contributed by atoms with Gasteiger partial charge in [0, 0.05) is 6.42 Å². The Bertz CT molecular complexity index is 605. The molecule has 0 radical (unpaired) electrons. The van der Waals surface area contributed by atoms with Crippen molar-refractivity contribution in [2.45, 2.75) is 58.8 Å². The summed E-state index contributed by atoms with van der Waals surface area (Å²) in [6.07, 6.45) is -0.768. The minimum Gasteiger partial charge on any atom is -0.459 e. The predicted octanol–water partition coefficient (Wildman–Crippen LogP) is 2.20. The molecule has 0 aliphatic heterocycles. The summed E-state index contributed by atoms with van der Waals surface area (Å²) in [4.78, 5) is 35.1. The molecule has 0 saturated carbocycles. The molecule has 3 N–H and O–H groups in total. The van der Waals surface area contributed by atoms with Crippen LogP contribution in [0.25, 0.3) is 0 Å². The molecule has 1 atom stereocenters. The molecule has 0 bridgehead atoms. The Morgan fingerprint density at radius 3 is 2.28 bits per heavy atom. The molecule has 0 spiro atoms. The first-order valence-electron chi connectivity index (χ1n) is 8.07. The highest BCUT2D eigenvalue weighted by atomic mass is 16.6. The van der Waals surface area contributed by atoms with Crippen molar-refractivity contribution < 1.29 is 23.9 Å². The molecule has 25 heavy (non-hydrogen) atoms. The van der Waals surface area contributed by atoms with Crippen LogP contribution in [0.15, 0.2) is 24.3 Å². The SMILES string of the molecule is Cc1ccc(COC(=O)[C@H](CCC(N)=O)NC(=O)OC(C)(C)C)cc1. The van der Waals surface area contributed by atoms with E-state index in [1.807, 2.05) is 31.2 Å². The topological polar surface area (TPSA) is 108 Å². The van der Waals surface area contributed by atoms with Crippen LogP contribution in [-0.2, 0) is 25.7 Å². The van der Waals surface area contributed by atoms with Crippen molar-refractivity contribution in [2.24, 2.45) is 5.73 Å². The van der Waals surface area contributed by atoms with Gasteiger partial charge in [-0.3, -0.25) is 4.79 Å². The van der Waals surface area contributed by atoms with Gasteiger partial charge in [-0.1, -0.05) is 29.8 Å². The fourth-order valence-corrected chi connectivity index (χ4v) is 1.92. The van der Waals surface area contributed by atoms with Gasteiger partial charge in [0.05, 0.1) is 0 Å². The van der Waals surface area contributed by atoms with Crippen LogP contribution in [0.5, 0.6) is 0 Å². The van der Waals surface area contributed by atoms with E-state index >= 15 is 0 Å². The summed E-state index contributed by atoms with van der Waals surface area (Å²) in [5.41, 5.74) is 6.34. The number of carbonyl (C=O) groups is 3. The third-order valence-corrected chi connectivity index (χ3v) is 3.16. The second-order valence-corrected chi connectivity index (χ2v) is 6.80. The number of nitrogens with two attached hydrogens (primary N) is 1. The predicted molar refractivity (Wildman–Crippen MR) is 92.6 cm³/mol. The minimum atomic E-state index is -1.01. The summed E-state index contributed by atoms with van der Waals surface area (Å²) >= 11 is 0. The Hall–Kier alpha value is -2.57. The molecule has 0 fully saturated rings. The Morgan fingerprint density at radius 1 is 1.16 bits per heavy atom. The van der Waals surface area contributed by atoms with Crippen molar-refractivity contribution in [1.29, 1.82) is 0 Å². The molecule has 0 heterocycles. The molecule has 2 amide bonds. The third-order valence-electron chi connectivity index (χ3n) is 3.16. The fraction of sp³-hybridized carbons (Fsp3) is 0.500. The summed E-state index contributed by atoms with van der Waals surface area (Å²) in [7, 11) is 0. The quantitative estimate of drug-likeness (QED) is 0.733. The number of benzene rings is 1. The molecule has 138 valence electrons. The number of hydrogen-bond acceptors (Lipinski definition) is 5. The standard InChI is InChI=1S/C18H26N2O5/c1-12-5-7-13(8-6-12)11-24-16(22)14(9-10-15(19)21)20-17(23)25-18(2,3)4/h5-8,14H,9-11H2,1-4H3,(H2,19,21)(H,20,23)/t14-/m0/s1. The average molecular weight is 350 g/mol. The van der Waals surface area contributed by atoms with Crippen LogP contribution in [0.1, 0.15) is 44.7 Å². The normalized spacial score (nSPS) is 12.2. The van der Waals surface area contributed by atoms with Crippen LogP contribution in [0.3, 0.4) is 0 Å². The largest absolute Gasteiger partial charge is 0.459 e. The first-order chi connectivity index (χ1) is 11.6. The summed E-state index contributed by atoms with van der Waals surface area (Å²) < 4.78 is 10.4. The number of amides is 2. The van der Waals surface area contributed by atoms with E-state index in [-0.39, 0.29) is 19.4 Å². The Kier molecular flexibility index (Phi) is 7.42. The van der Waals surface area contributed by atoms with Gasteiger partial charge in [-0.25, -0.2) is 9.59 Å². The van der Waals surface area contributed by atoms with Gasteiger partial charge >= 0.3 is 12.1 Å². The molecule has 1 aromatic rings. The van der Waals surface area contributed by atoms with Gasteiger partial charge in [-0.05, 0) is 39.7 Å². The van der Waals surface area contributed by atoms with Crippen molar-refractivity contribution in [3.8, 4) is 0 Å². The maximum Gasteiger partial charge on any atom is 0.408 e. The van der Waals surface area contributed by atoms with Crippen LogP contribution in [0, 0.1) is 6.92 Å². The highest BCUT2D eigenvalue weighted by Gasteiger charge is 2.26. The second-order valence-electron chi connectivity index (χ2n) is 6.80. The number of hydrogen-bond donors (Lipinski definition) is 2. The summed E-state index contributed by atoms with van der Waals surface area (Å²) in [6.45, 7) is 7.16. The highest BCUT2D eigenvalue weighted by molar-refractivity contribution is 5.82. The highest BCUT2D eigenvalue weighted by Crippen LogP contribution is 2.10. The van der Waals surface area contributed by atoms with Crippen molar-refractivity contribution in [3.63, 3.8) is 0 Å². The van der Waals surface area contributed by atoms with Crippen molar-refractivity contribution in [3.05, 3.63) is 35.4 Å². The lowest BCUT2D eigenvalue weighted by molar-refractivity contribution is -0.147. The van der Waals surface area contributed by atoms with Gasteiger partial charge in [0.15, 0.2) is 0 Å². The second kappa shape index (κ2) is 9.05. The number of rotatable bonds is 7. The monoisotopic (exact) mass is 350 g/mol. The van der Waals surface area contributed by atoms with E-state index in [0.29, 0.717) is 0 Å². The van der Waals surface area contributed by atoms with Crippen LogP contribution < -0.4 is 11.1 Å². The zero-order valence-corrected chi connectivity index (χ0v) is 15.1. The van der Waals surface area contributed by atoms with E-state index < -0.39 is 29.6 Å². The molecule has 0 unspecified atom stereocenters. The summed E-state index contributed by atoms with van der Waals surface area (Å²) in [5, 5.41) is 2.43. The number of nitrogens with one attached hydrogen (secondary N) is 1. The molecule has 7 heteroatoms. The van der Waals surface area contributed by atoms with Gasteiger partial charge in [0.2, 0.25) is 5.91 Å². The van der Waals surface area contributed by atoms with Crippen molar-refractivity contribution in [1.82, 2.24) is 5.32 Å². The van der Waals surface area contributed by atoms with Crippen molar-refractivity contribution in [2.75, 3.05) is 0 Å². The number of ether oxygens (including phenoxy) is 2. The maximum atomic E-state index is 12.3. The van der Waals surface area contributed by atoms with Crippen LogP contribution >= 0.6 is 0 Å². The molecule has 7 nitrogen and oxygen atoms in total. The van der Waals surface area contributed by atoms with E-state index in [0.717, 1.165) is 11.1 Å². The number of primary amides is 1. The number of alkyl carbamates (subject to hydrolysis) is 1. The van der Waals surface area contributed by atoms with Crippen LogP contribution in [0.4, 0.5) is 4.79 Å². The van der Waals surface area contributed by atoms with Crippen molar-refractivity contribution >= 4 is 18.0 Å². The maximum absolute atomic E-state index is 12.3. The van der Waals surface area contributed by atoms with E-state index in [9.17, 15) is 14.4 Å². The number of aryl methyl sites for hydroxylation is 1. The molecule has 0 aromatic heterocycles. The molecule has 0 saturated heterocycles. The molecular weight excluding hydrogens is 324 g/mol. The number of esters is 1. The Labute approximate surface area is 147 Å². The van der Waals surface area contributed by atoms with Crippen LogP contribution in [-0.4, -0.2) is 29.6 Å². The van der Waals surface area contributed by atoms with E-state index in [1.165, 1.54) is 0 Å². The van der Waals surface area contributed by atoms with Gasteiger partial charge < -0.3 is 20.5 Å². The molecule has 1 aromatic carbocycles. The van der Waals surface area contributed by atoms with Gasteiger partial charge in [-0.2, -0.15) is 0 Å². The number of carbonyl (C=O) groups excluding carboxylic acids is 3. The lowest BCUT2D eigenvalue weighted by Gasteiger charge is -2.22. The zero-order valence-electron chi connectivity index (χ0n) is 15.1. The molecular formula is C18H26N2O5. The summed E-state index contributed by atoms with van der Waals surface area (Å²) in [6, 6.07) is 6.51. The average Bonchev–Trinajstić information content (AvgIpc) is 2.48.